The first kappa shape index (κ1) is 14.3. The van der Waals surface area contributed by atoms with Gasteiger partial charge in [0.15, 0.2) is 0 Å². The summed E-state index contributed by atoms with van der Waals surface area (Å²) in [5.74, 6) is 0.0809. The quantitative estimate of drug-likeness (QED) is 0.834. The molecule has 0 spiro atoms. The highest BCUT2D eigenvalue weighted by molar-refractivity contribution is 5.91. The number of amides is 1. The molecule has 0 bridgehead atoms. The third kappa shape index (κ3) is 4.23. The van der Waals surface area contributed by atoms with E-state index in [1.807, 2.05) is 36.4 Å². The normalized spacial score (nSPS) is 10.2. The lowest BCUT2D eigenvalue weighted by molar-refractivity contribution is -0.116. The highest BCUT2D eigenvalue weighted by Gasteiger charge is 2.06. The van der Waals surface area contributed by atoms with Crippen molar-refractivity contribution in [3.05, 3.63) is 65.7 Å². The van der Waals surface area contributed by atoms with Crippen molar-refractivity contribution in [3.63, 3.8) is 0 Å². The lowest BCUT2D eigenvalue weighted by atomic mass is 10.1. The van der Waals surface area contributed by atoms with Gasteiger partial charge in [0.25, 0.3) is 0 Å². The maximum Gasteiger partial charge on any atom is 0.224 e. The molecule has 2 rings (SSSR count). The number of rotatable bonds is 6. The molecule has 0 atom stereocenters. The molecule has 0 saturated heterocycles. The van der Waals surface area contributed by atoms with Crippen LogP contribution in [0.3, 0.4) is 0 Å². The third-order valence-electron chi connectivity index (χ3n) is 3.29. The predicted molar refractivity (Wildman–Crippen MR) is 83.8 cm³/mol. The van der Waals surface area contributed by atoms with Crippen molar-refractivity contribution in [1.82, 2.24) is 0 Å². The molecule has 20 heavy (non-hydrogen) atoms. The summed E-state index contributed by atoms with van der Waals surface area (Å²) in [7, 11) is 0. The van der Waals surface area contributed by atoms with Crippen LogP contribution in [0.1, 0.15) is 30.9 Å². The minimum atomic E-state index is 0.0809. The summed E-state index contributed by atoms with van der Waals surface area (Å²) in [5, 5.41) is 3.03. The molecule has 0 radical (unpaired) electrons. The van der Waals surface area contributed by atoms with Crippen LogP contribution in [0.15, 0.2) is 54.6 Å². The van der Waals surface area contributed by atoms with Crippen LogP contribution >= 0.6 is 0 Å². The Kier molecular flexibility index (Phi) is 5.36. The van der Waals surface area contributed by atoms with Gasteiger partial charge in [-0.3, -0.25) is 4.79 Å². The fourth-order valence-electron chi connectivity index (χ4n) is 2.24. The van der Waals surface area contributed by atoms with Gasteiger partial charge in [-0.15, -0.1) is 0 Å². The van der Waals surface area contributed by atoms with E-state index in [1.165, 1.54) is 11.1 Å². The van der Waals surface area contributed by atoms with Crippen molar-refractivity contribution < 1.29 is 4.79 Å². The zero-order chi connectivity index (χ0) is 14.2. The van der Waals surface area contributed by atoms with E-state index < -0.39 is 0 Å². The topological polar surface area (TPSA) is 29.1 Å². The van der Waals surface area contributed by atoms with Gasteiger partial charge in [-0.1, -0.05) is 61.9 Å². The Bertz CT molecular complexity index is 548. The van der Waals surface area contributed by atoms with Gasteiger partial charge in [0.2, 0.25) is 5.91 Å². The van der Waals surface area contributed by atoms with E-state index in [-0.39, 0.29) is 5.91 Å². The van der Waals surface area contributed by atoms with Gasteiger partial charge < -0.3 is 5.32 Å². The van der Waals surface area contributed by atoms with Gasteiger partial charge in [-0.25, -0.2) is 0 Å². The van der Waals surface area contributed by atoms with Crippen molar-refractivity contribution in [3.8, 4) is 0 Å². The van der Waals surface area contributed by atoms with Crippen LogP contribution in [-0.4, -0.2) is 5.91 Å². The van der Waals surface area contributed by atoms with Gasteiger partial charge in [-0.05, 0) is 30.0 Å². The van der Waals surface area contributed by atoms with Crippen molar-refractivity contribution in [1.29, 1.82) is 0 Å². The van der Waals surface area contributed by atoms with Gasteiger partial charge in [-0.2, -0.15) is 0 Å². The molecule has 2 heteroatoms. The van der Waals surface area contributed by atoms with E-state index in [2.05, 4.69) is 30.4 Å². The van der Waals surface area contributed by atoms with Crippen molar-refractivity contribution in [2.45, 2.75) is 32.6 Å². The van der Waals surface area contributed by atoms with Crippen molar-refractivity contribution in [2.24, 2.45) is 0 Å². The maximum atomic E-state index is 12.0. The molecular weight excluding hydrogens is 246 g/mol. The minimum absolute atomic E-state index is 0.0809. The van der Waals surface area contributed by atoms with Crippen LogP contribution in [0.5, 0.6) is 0 Å². The molecule has 0 aliphatic heterocycles. The van der Waals surface area contributed by atoms with E-state index in [0.29, 0.717) is 6.42 Å². The predicted octanol–water partition coefficient (Wildman–Crippen LogP) is 4.21. The number of benzene rings is 2. The molecule has 1 N–H and O–H groups in total. The number of carbonyl (C=O) groups is 1. The Balaban J connectivity index is 1.91. The summed E-state index contributed by atoms with van der Waals surface area (Å²) in [6.07, 6.45) is 3.37. The van der Waals surface area contributed by atoms with Crippen LogP contribution in [0.4, 0.5) is 5.69 Å². The molecular formula is C18H21NO. The Morgan fingerprint density at radius 3 is 2.40 bits per heavy atom. The second kappa shape index (κ2) is 7.49. The van der Waals surface area contributed by atoms with E-state index >= 15 is 0 Å². The molecule has 0 unspecified atom stereocenters. The molecule has 2 nitrogen and oxygen atoms in total. The van der Waals surface area contributed by atoms with E-state index in [4.69, 9.17) is 0 Å². The Morgan fingerprint density at radius 1 is 0.950 bits per heavy atom. The van der Waals surface area contributed by atoms with Crippen LogP contribution in [0.25, 0.3) is 0 Å². The third-order valence-corrected chi connectivity index (χ3v) is 3.29. The molecule has 0 saturated carbocycles. The summed E-state index contributed by atoms with van der Waals surface area (Å²) >= 11 is 0. The van der Waals surface area contributed by atoms with E-state index in [1.54, 1.807) is 0 Å². The fourth-order valence-corrected chi connectivity index (χ4v) is 2.24. The summed E-state index contributed by atoms with van der Waals surface area (Å²) in [6, 6.07) is 18.1. The fraction of sp³-hybridized carbons (Fsp3) is 0.278. The first-order chi connectivity index (χ1) is 9.79. The molecule has 2 aromatic carbocycles. The van der Waals surface area contributed by atoms with Gasteiger partial charge in [0.1, 0.15) is 0 Å². The Morgan fingerprint density at radius 2 is 1.65 bits per heavy atom. The Hall–Kier alpha value is -2.09. The minimum Gasteiger partial charge on any atom is -0.326 e. The largest absolute Gasteiger partial charge is 0.326 e. The molecule has 0 aliphatic rings. The second-order valence-electron chi connectivity index (χ2n) is 4.94. The Labute approximate surface area is 120 Å². The molecule has 0 aromatic heterocycles. The molecule has 0 fully saturated rings. The van der Waals surface area contributed by atoms with E-state index in [0.717, 1.165) is 24.9 Å². The maximum absolute atomic E-state index is 12.0. The monoisotopic (exact) mass is 267 g/mol. The van der Waals surface area contributed by atoms with Crippen LogP contribution in [-0.2, 0) is 17.6 Å². The number of aryl methyl sites for hydroxylation is 2. The van der Waals surface area contributed by atoms with Gasteiger partial charge >= 0.3 is 0 Å². The molecule has 0 heterocycles. The number of hydrogen-bond acceptors (Lipinski definition) is 1. The molecule has 104 valence electrons. The van der Waals surface area contributed by atoms with Crippen molar-refractivity contribution >= 4 is 11.6 Å². The highest BCUT2D eigenvalue weighted by Crippen LogP contribution is 2.17. The number of nitrogens with one attached hydrogen (secondary N) is 1. The number of carbonyl (C=O) groups excluding carboxylic acids is 1. The van der Waals surface area contributed by atoms with Crippen LogP contribution in [0, 0.1) is 0 Å². The average Bonchev–Trinajstić information content (AvgIpc) is 2.49. The molecule has 0 aliphatic carbocycles. The van der Waals surface area contributed by atoms with E-state index in [9.17, 15) is 4.79 Å². The second-order valence-corrected chi connectivity index (χ2v) is 4.94. The highest BCUT2D eigenvalue weighted by atomic mass is 16.1. The van der Waals surface area contributed by atoms with Gasteiger partial charge in [0.05, 0.1) is 0 Å². The lowest BCUT2D eigenvalue weighted by Gasteiger charge is -2.10. The standard InChI is InChI=1S/C18H21NO/c1-2-8-16-11-6-7-12-17(16)19-18(20)14-13-15-9-4-3-5-10-15/h3-7,9-12H,2,8,13-14H2,1H3,(H,19,20). The summed E-state index contributed by atoms with van der Waals surface area (Å²) < 4.78 is 0. The number of para-hydroxylation sites is 1. The van der Waals surface area contributed by atoms with Crippen LogP contribution < -0.4 is 5.32 Å². The first-order valence-corrected chi connectivity index (χ1v) is 7.21. The lowest BCUT2D eigenvalue weighted by Crippen LogP contribution is -2.13. The summed E-state index contributed by atoms with van der Waals surface area (Å²) in [5.41, 5.74) is 3.36. The SMILES string of the molecule is CCCc1ccccc1NC(=O)CCc1ccccc1. The molecule has 1 amide bonds. The zero-order valence-electron chi connectivity index (χ0n) is 11.9. The first-order valence-electron chi connectivity index (χ1n) is 7.21. The smallest absolute Gasteiger partial charge is 0.224 e. The summed E-state index contributed by atoms with van der Waals surface area (Å²) in [4.78, 5) is 12.0. The zero-order valence-corrected chi connectivity index (χ0v) is 11.9. The molecule has 2 aromatic rings. The summed E-state index contributed by atoms with van der Waals surface area (Å²) in [6.45, 7) is 2.15. The number of anilines is 1. The average molecular weight is 267 g/mol. The van der Waals surface area contributed by atoms with Crippen LogP contribution in [0.2, 0.25) is 0 Å². The number of hydrogen-bond donors (Lipinski definition) is 1. The van der Waals surface area contributed by atoms with Gasteiger partial charge in [0, 0.05) is 12.1 Å². The van der Waals surface area contributed by atoms with Crippen molar-refractivity contribution in [2.75, 3.05) is 5.32 Å².